The molecule has 0 bridgehead atoms. The van der Waals surface area contributed by atoms with Crippen molar-refractivity contribution in [2.45, 2.75) is 206 Å². The van der Waals surface area contributed by atoms with Gasteiger partial charge in [-0.1, -0.05) is 173 Å². The lowest BCUT2D eigenvalue weighted by molar-refractivity contribution is -0.154. The zero-order chi connectivity index (χ0) is 37.4. The first-order chi connectivity index (χ1) is 24.9. The highest BCUT2D eigenvalue weighted by molar-refractivity contribution is 7.47. The summed E-state index contributed by atoms with van der Waals surface area (Å²) >= 11 is 0. The topological polar surface area (TPSA) is 117 Å². The minimum Gasteiger partial charge on any atom is -0.457 e. The van der Waals surface area contributed by atoms with Crippen molar-refractivity contribution < 1.29 is 32.8 Å². The highest BCUT2D eigenvalue weighted by atomic mass is 31.2. The van der Waals surface area contributed by atoms with Crippen molar-refractivity contribution >= 4 is 13.8 Å². The maximum absolute atomic E-state index is 12.6. The van der Waals surface area contributed by atoms with E-state index in [0.717, 1.165) is 44.9 Å². The molecule has 3 N–H and O–H groups in total. The molecule has 302 valence electrons. The summed E-state index contributed by atoms with van der Waals surface area (Å²) < 4.78 is 33.4. The third kappa shape index (κ3) is 40.0. The molecule has 0 aliphatic heterocycles. The Morgan fingerprint density at radius 1 is 0.588 bits per heavy atom. The summed E-state index contributed by atoms with van der Waals surface area (Å²) in [5, 5.41) is 0. The van der Waals surface area contributed by atoms with Gasteiger partial charge in [0.15, 0.2) is 0 Å². The molecule has 0 saturated carbocycles. The van der Waals surface area contributed by atoms with Crippen molar-refractivity contribution in [3.8, 4) is 0 Å². The molecule has 0 saturated heterocycles. The molecule has 0 aliphatic carbocycles. The van der Waals surface area contributed by atoms with Gasteiger partial charge in [-0.3, -0.25) is 13.8 Å². The molecule has 0 aromatic carbocycles. The lowest BCUT2D eigenvalue weighted by Crippen LogP contribution is -2.28. The van der Waals surface area contributed by atoms with Crippen LogP contribution < -0.4 is 5.73 Å². The largest absolute Gasteiger partial charge is 0.472 e. The van der Waals surface area contributed by atoms with Gasteiger partial charge in [0, 0.05) is 19.6 Å². The summed E-state index contributed by atoms with van der Waals surface area (Å²) in [4.78, 5) is 22.5. The fourth-order valence-corrected chi connectivity index (χ4v) is 6.73. The van der Waals surface area contributed by atoms with Crippen molar-refractivity contribution in [3.63, 3.8) is 0 Å². The molecule has 0 fully saturated rings. The summed E-state index contributed by atoms with van der Waals surface area (Å²) in [6.45, 7) is 4.90. The standard InChI is InChI=1S/C42H82NO7P/c1-3-5-7-9-11-13-15-17-19-21-23-25-27-29-31-33-35-42(44)50-41(40-49-51(45,46)48-38-36-43)39-47-37-34-32-30-28-26-24-22-20-18-16-14-12-10-8-6-4-2/h12,14,18,20,41H,3-11,13,15-17,19,21-40,43H2,1-2H3,(H,45,46)/b14-12-,20-18-. The second-order valence-corrected chi connectivity index (χ2v) is 15.7. The van der Waals surface area contributed by atoms with Crippen LogP contribution >= 0.6 is 7.82 Å². The number of carbonyl (C=O) groups is 1. The Morgan fingerprint density at radius 3 is 1.57 bits per heavy atom. The highest BCUT2D eigenvalue weighted by Gasteiger charge is 2.25. The Kier molecular flexibility index (Phi) is 39.4. The molecule has 0 amide bonds. The molecule has 0 aromatic rings. The van der Waals surface area contributed by atoms with E-state index in [0.29, 0.717) is 13.0 Å². The number of ether oxygens (including phenoxy) is 2. The zero-order valence-corrected chi connectivity index (χ0v) is 34.2. The molecule has 51 heavy (non-hydrogen) atoms. The first-order valence-electron chi connectivity index (χ1n) is 21.3. The fraction of sp³-hybridized carbons (Fsp3) is 0.881. The maximum atomic E-state index is 12.6. The molecule has 0 aliphatic rings. The number of hydrogen-bond donors (Lipinski definition) is 2. The third-order valence-electron chi connectivity index (χ3n) is 9.12. The predicted octanol–water partition coefficient (Wildman–Crippen LogP) is 12.5. The number of nitrogens with two attached hydrogens (primary N) is 1. The van der Waals surface area contributed by atoms with E-state index in [2.05, 4.69) is 38.2 Å². The minimum atomic E-state index is -4.27. The fourth-order valence-electron chi connectivity index (χ4n) is 5.97. The van der Waals surface area contributed by atoms with E-state index in [1.807, 2.05) is 0 Å². The Bertz CT molecular complexity index is 838. The summed E-state index contributed by atoms with van der Waals surface area (Å²) in [6.07, 6.45) is 43.3. The minimum absolute atomic E-state index is 0.0957. The molecule has 8 nitrogen and oxygen atoms in total. The second-order valence-electron chi connectivity index (χ2n) is 14.2. The van der Waals surface area contributed by atoms with Gasteiger partial charge in [-0.25, -0.2) is 4.57 Å². The predicted molar refractivity (Wildman–Crippen MR) is 215 cm³/mol. The average molecular weight is 744 g/mol. The molecule has 0 heterocycles. The van der Waals surface area contributed by atoms with Crippen molar-refractivity contribution in [1.82, 2.24) is 0 Å². The molecule has 0 radical (unpaired) electrons. The van der Waals surface area contributed by atoms with Gasteiger partial charge in [0.25, 0.3) is 0 Å². The van der Waals surface area contributed by atoms with Crippen LogP contribution in [0.15, 0.2) is 24.3 Å². The normalized spacial score (nSPS) is 13.7. The van der Waals surface area contributed by atoms with Crippen LogP contribution in [0.1, 0.15) is 200 Å². The Hall–Kier alpha value is -1.02. The number of phosphoric ester groups is 1. The number of esters is 1. The number of hydrogen-bond acceptors (Lipinski definition) is 7. The molecule has 0 spiro atoms. The summed E-state index contributed by atoms with van der Waals surface area (Å²) in [7, 11) is -4.27. The average Bonchev–Trinajstić information content (AvgIpc) is 3.12. The van der Waals surface area contributed by atoms with Gasteiger partial charge in [-0.15, -0.1) is 0 Å². The molecule has 2 unspecified atom stereocenters. The number of unbranched alkanes of at least 4 members (excludes halogenated alkanes) is 24. The van der Waals surface area contributed by atoms with Gasteiger partial charge >= 0.3 is 13.8 Å². The summed E-state index contributed by atoms with van der Waals surface area (Å²) in [5.74, 6) is -0.332. The maximum Gasteiger partial charge on any atom is 0.472 e. The van der Waals surface area contributed by atoms with Gasteiger partial charge < -0.3 is 20.1 Å². The van der Waals surface area contributed by atoms with Crippen LogP contribution in [0.5, 0.6) is 0 Å². The summed E-state index contributed by atoms with van der Waals surface area (Å²) in [5.41, 5.74) is 5.36. The third-order valence-corrected chi connectivity index (χ3v) is 10.1. The zero-order valence-electron chi connectivity index (χ0n) is 33.3. The van der Waals surface area contributed by atoms with E-state index in [9.17, 15) is 14.3 Å². The molecule has 9 heteroatoms. The van der Waals surface area contributed by atoms with Crippen LogP contribution in [0.2, 0.25) is 0 Å². The molecular formula is C42H82NO7P. The lowest BCUT2D eigenvalue weighted by atomic mass is 10.0. The van der Waals surface area contributed by atoms with E-state index in [1.54, 1.807) is 0 Å². The van der Waals surface area contributed by atoms with E-state index in [-0.39, 0.29) is 32.3 Å². The first kappa shape index (κ1) is 50.0. The SMILES string of the molecule is CCCCC/C=C\C/C=C\CCCCCCCCOCC(COP(=O)(O)OCCN)OC(=O)CCCCCCCCCCCCCCCCCC. The molecule has 0 aromatic heterocycles. The van der Waals surface area contributed by atoms with Gasteiger partial charge in [0.2, 0.25) is 0 Å². The second kappa shape index (κ2) is 40.2. The Labute approximate surface area is 315 Å². The van der Waals surface area contributed by atoms with Crippen molar-refractivity contribution in [2.24, 2.45) is 5.73 Å². The number of rotatable bonds is 41. The Balaban J connectivity index is 4.03. The van der Waals surface area contributed by atoms with Crippen LogP contribution in [0.25, 0.3) is 0 Å². The van der Waals surface area contributed by atoms with E-state index >= 15 is 0 Å². The van der Waals surface area contributed by atoms with Crippen LogP contribution in [0, 0.1) is 0 Å². The van der Waals surface area contributed by atoms with Crippen LogP contribution in [-0.2, 0) is 27.9 Å². The molecular weight excluding hydrogens is 661 g/mol. The van der Waals surface area contributed by atoms with Crippen molar-refractivity contribution in [3.05, 3.63) is 24.3 Å². The van der Waals surface area contributed by atoms with Gasteiger partial charge in [-0.2, -0.15) is 0 Å². The van der Waals surface area contributed by atoms with Gasteiger partial charge in [-0.05, 0) is 44.9 Å². The number of carbonyl (C=O) groups excluding carboxylic acids is 1. The van der Waals surface area contributed by atoms with Crippen LogP contribution in [0.4, 0.5) is 0 Å². The van der Waals surface area contributed by atoms with Gasteiger partial charge in [0.1, 0.15) is 6.10 Å². The van der Waals surface area contributed by atoms with E-state index in [1.165, 1.54) is 135 Å². The van der Waals surface area contributed by atoms with E-state index in [4.69, 9.17) is 24.3 Å². The van der Waals surface area contributed by atoms with Crippen LogP contribution in [0.3, 0.4) is 0 Å². The monoisotopic (exact) mass is 744 g/mol. The number of phosphoric acid groups is 1. The summed E-state index contributed by atoms with van der Waals surface area (Å²) in [6, 6.07) is 0. The smallest absolute Gasteiger partial charge is 0.457 e. The van der Waals surface area contributed by atoms with E-state index < -0.39 is 13.9 Å². The highest BCUT2D eigenvalue weighted by Crippen LogP contribution is 2.43. The Morgan fingerprint density at radius 2 is 1.04 bits per heavy atom. The van der Waals surface area contributed by atoms with Crippen molar-refractivity contribution in [1.29, 1.82) is 0 Å². The number of allylic oxidation sites excluding steroid dienone is 4. The lowest BCUT2D eigenvalue weighted by Gasteiger charge is -2.20. The van der Waals surface area contributed by atoms with Crippen LogP contribution in [-0.4, -0.2) is 49.9 Å². The quantitative estimate of drug-likeness (QED) is 0.0275. The molecule has 0 rings (SSSR count). The van der Waals surface area contributed by atoms with Gasteiger partial charge in [0.05, 0.1) is 19.8 Å². The van der Waals surface area contributed by atoms with Crippen molar-refractivity contribution in [2.75, 3.05) is 33.0 Å². The molecule has 2 atom stereocenters. The first-order valence-corrected chi connectivity index (χ1v) is 22.8.